The van der Waals surface area contributed by atoms with Crippen LogP contribution >= 0.6 is 0 Å². The lowest BCUT2D eigenvalue weighted by Gasteiger charge is -2.13. The monoisotopic (exact) mass is 244 g/mol. The molecule has 1 saturated heterocycles. The molecule has 92 valence electrons. The van der Waals surface area contributed by atoms with Crippen molar-refractivity contribution in [2.45, 2.75) is 13.3 Å². The quantitative estimate of drug-likeness (QED) is 0.597. The molecule has 1 aliphatic rings. The summed E-state index contributed by atoms with van der Waals surface area (Å²) in [5, 5.41) is 4.05. The van der Waals surface area contributed by atoms with E-state index in [0.29, 0.717) is 6.42 Å². The summed E-state index contributed by atoms with van der Waals surface area (Å²) in [4.78, 5) is 33.7. The first kappa shape index (κ1) is 12.0. The van der Waals surface area contributed by atoms with Gasteiger partial charge in [0.1, 0.15) is 5.57 Å². The standard InChI is InChI=1S/C13H12N2O3/c1-8-2-4-9(5-3-8)6-7-10-11(16)14-13(18)15-12(10)17/h2-5,7H,6H2,1H3,(H2,14,15,16,17,18). The maximum Gasteiger partial charge on any atom is 0.328 e. The number of nitrogens with one attached hydrogen (secondary N) is 2. The Morgan fingerprint density at radius 3 is 2.11 bits per heavy atom. The second kappa shape index (κ2) is 4.83. The van der Waals surface area contributed by atoms with Gasteiger partial charge in [-0.25, -0.2) is 4.79 Å². The van der Waals surface area contributed by atoms with Crippen molar-refractivity contribution in [2.24, 2.45) is 0 Å². The van der Waals surface area contributed by atoms with Crippen LogP contribution in [0, 0.1) is 6.92 Å². The zero-order chi connectivity index (χ0) is 13.1. The maximum atomic E-state index is 11.4. The minimum Gasteiger partial charge on any atom is -0.273 e. The number of carbonyl (C=O) groups is 3. The van der Waals surface area contributed by atoms with Crippen LogP contribution in [0.4, 0.5) is 4.79 Å². The molecular formula is C13H12N2O3. The Labute approximate surface area is 104 Å². The van der Waals surface area contributed by atoms with Gasteiger partial charge in [-0.2, -0.15) is 0 Å². The molecule has 0 saturated carbocycles. The van der Waals surface area contributed by atoms with E-state index in [2.05, 4.69) is 0 Å². The van der Waals surface area contributed by atoms with Gasteiger partial charge >= 0.3 is 6.03 Å². The summed E-state index contributed by atoms with van der Waals surface area (Å²) in [7, 11) is 0. The zero-order valence-electron chi connectivity index (χ0n) is 9.82. The number of carbonyl (C=O) groups excluding carboxylic acids is 3. The Hall–Kier alpha value is -2.43. The van der Waals surface area contributed by atoms with Gasteiger partial charge in [0.05, 0.1) is 0 Å². The Kier molecular flexibility index (Phi) is 3.23. The van der Waals surface area contributed by atoms with Crippen molar-refractivity contribution in [3.8, 4) is 0 Å². The molecule has 0 aliphatic carbocycles. The number of hydrogen-bond acceptors (Lipinski definition) is 3. The van der Waals surface area contributed by atoms with Crippen molar-refractivity contribution < 1.29 is 14.4 Å². The van der Waals surface area contributed by atoms with Crippen LogP contribution in [0.3, 0.4) is 0 Å². The minimum absolute atomic E-state index is 0.0322. The molecule has 0 spiro atoms. The van der Waals surface area contributed by atoms with Crippen molar-refractivity contribution in [1.82, 2.24) is 10.6 Å². The van der Waals surface area contributed by atoms with E-state index in [1.807, 2.05) is 41.8 Å². The second-order valence-electron chi connectivity index (χ2n) is 4.04. The molecule has 0 unspecified atom stereocenters. The van der Waals surface area contributed by atoms with Crippen LogP contribution < -0.4 is 10.6 Å². The summed E-state index contributed by atoms with van der Waals surface area (Å²) in [5.41, 5.74) is 2.10. The van der Waals surface area contributed by atoms with Gasteiger partial charge in [0.2, 0.25) is 0 Å². The SMILES string of the molecule is Cc1ccc(CC=C2C(=O)NC(=O)NC2=O)cc1. The van der Waals surface area contributed by atoms with Gasteiger partial charge in [0.15, 0.2) is 0 Å². The van der Waals surface area contributed by atoms with E-state index in [1.54, 1.807) is 0 Å². The van der Waals surface area contributed by atoms with Gasteiger partial charge in [0.25, 0.3) is 11.8 Å². The fourth-order valence-electron chi connectivity index (χ4n) is 1.60. The van der Waals surface area contributed by atoms with Crippen molar-refractivity contribution in [1.29, 1.82) is 0 Å². The van der Waals surface area contributed by atoms with Gasteiger partial charge in [0, 0.05) is 0 Å². The van der Waals surface area contributed by atoms with Gasteiger partial charge in [-0.05, 0) is 18.9 Å². The third-order valence-corrected chi connectivity index (χ3v) is 2.61. The van der Waals surface area contributed by atoms with E-state index >= 15 is 0 Å². The Bertz CT molecular complexity index is 522. The smallest absolute Gasteiger partial charge is 0.273 e. The topological polar surface area (TPSA) is 75.3 Å². The summed E-state index contributed by atoms with van der Waals surface area (Å²) in [6, 6.07) is 6.99. The third-order valence-electron chi connectivity index (χ3n) is 2.61. The highest BCUT2D eigenvalue weighted by Gasteiger charge is 2.27. The molecule has 1 fully saturated rings. The summed E-state index contributed by atoms with van der Waals surface area (Å²) in [5.74, 6) is -1.31. The number of aryl methyl sites for hydroxylation is 1. The number of benzene rings is 1. The summed E-state index contributed by atoms with van der Waals surface area (Å²) < 4.78 is 0. The van der Waals surface area contributed by atoms with E-state index < -0.39 is 17.8 Å². The Morgan fingerprint density at radius 1 is 1.00 bits per heavy atom. The first-order chi connectivity index (χ1) is 8.56. The van der Waals surface area contributed by atoms with Crippen molar-refractivity contribution >= 4 is 17.8 Å². The van der Waals surface area contributed by atoms with Crippen LogP contribution in [0.15, 0.2) is 35.9 Å². The van der Waals surface area contributed by atoms with Gasteiger partial charge in [-0.15, -0.1) is 0 Å². The Morgan fingerprint density at radius 2 is 1.56 bits per heavy atom. The number of allylic oxidation sites excluding steroid dienone is 1. The third kappa shape index (κ3) is 2.63. The Balaban J connectivity index is 2.13. The van der Waals surface area contributed by atoms with Crippen LogP contribution in [0.2, 0.25) is 0 Å². The summed E-state index contributed by atoms with van der Waals surface area (Å²) >= 11 is 0. The molecule has 5 nitrogen and oxygen atoms in total. The van der Waals surface area contributed by atoms with Crippen molar-refractivity contribution in [3.05, 3.63) is 47.0 Å². The highest BCUT2D eigenvalue weighted by Crippen LogP contribution is 2.07. The fraction of sp³-hybridized carbons (Fsp3) is 0.154. The van der Waals surface area contributed by atoms with Crippen LogP contribution in [-0.4, -0.2) is 17.8 Å². The van der Waals surface area contributed by atoms with Gasteiger partial charge in [-0.3, -0.25) is 20.2 Å². The fourth-order valence-corrected chi connectivity index (χ4v) is 1.60. The molecule has 0 radical (unpaired) electrons. The normalized spacial score (nSPS) is 15.2. The van der Waals surface area contributed by atoms with Crippen LogP contribution in [0.1, 0.15) is 11.1 Å². The largest absolute Gasteiger partial charge is 0.328 e. The van der Waals surface area contributed by atoms with Gasteiger partial charge < -0.3 is 0 Å². The van der Waals surface area contributed by atoms with E-state index in [0.717, 1.165) is 11.1 Å². The lowest BCUT2D eigenvalue weighted by atomic mass is 10.1. The second-order valence-corrected chi connectivity index (χ2v) is 4.04. The lowest BCUT2D eigenvalue weighted by Crippen LogP contribution is -2.51. The first-order valence-electron chi connectivity index (χ1n) is 5.48. The van der Waals surface area contributed by atoms with Crippen molar-refractivity contribution in [2.75, 3.05) is 0 Å². The van der Waals surface area contributed by atoms with Crippen LogP contribution in [-0.2, 0) is 16.0 Å². The van der Waals surface area contributed by atoms with Crippen LogP contribution in [0.5, 0.6) is 0 Å². The van der Waals surface area contributed by atoms with Crippen molar-refractivity contribution in [3.63, 3.8) is 0 Å². The first-order valence-corrected chi connectivity index (χ1v) is 5.48. The number of rotatable bonds is 2. The average Bonchev–Trinajstić information content (AvgIpc) is 2.30. The number of imide groups is 2. The van der Waals surface area contributed by atoms with Gasteiger partial charge in [-0.1, -0.05) is 35.9 Å². The van der Waals surface area contributed by atoms with Crippen LogP contribution in [0.25, 0.3) is 0 Å². The molecule has 1 aromatic rings. The predicted octanol–water partition coefficient (Wildman–Crippen LogP) is 0.830. The van der Waals surface area contributed by atoms with E-state index in [1.165, 1.54) is 6.08 Å². The number of amides is 4. The number of urea groups is 1. The zero-order valence-corrected chi connectivity index (χ0v) is 9.82. The maximum absolute atomic E-state index is 11.4. The molecule has 1 aliphatic heterocycles. The number of hydrogen-bond donors (Lipinski definition) is 2. The lowest BCUT2D eigenvalue weighted by molar-refractivity contribution is -0.124. The molecule has 18 heavy (non-hydrogen) atoms. The van der Waals surface area contributed by atoms with E-state index in [9.17, 15) is 14.4 Å². The molecule has 1 aromatic carbocycles. The minimum atomic E-state index is -0.780. The number of barbiturate groups is 1. The molecule has 5 heteroatoms. The summed E-state index contributed by atoms with van der Waals surface area (Å²) in [6.07, 6.45) is 1.98. The predicted molar refractivity (Wildman–Crippen MR) is 64.6 cm³/mol. The highest BCUT2D eigenvalue weighted by molar-refractivity contribution is 6.28. The molecule has 0 atom stereocenters. The molecular weight excluding hydrogens is 232 g/mol. The van der Waals surface area contributed by atoms with E-state index in [4.69, 9.17) is 0 Å². The highest BCUT2D eigenvalue weighted by atomic mass is 16.2. The molecule has 0 aromatic heterocycles. The molecule has 1 heterocycles. The molecule has 2 rings (SSSR count). The van der Waals surface area contributed by atoms with E-state index in [-0.39, 0.29) is 5.57 Å². The summed E-state index contributed by atoms with van der Waals surface area (Å²) in [6.45, 7) is 1.98. The molecule has 0 bridgehead atoms. The molecule has 4 amide bonds. The average molecular weight is 244 g/mol. The molecule has 2 N–H and O–H groups in total.